The van der Waals surface area contributed by atoms with E-state index < -0.39 is 19.0 Å². The number of ether oxygens (including phenoxy) is 2. The Hall–Kier alpha value is -0.330. The van der Waals surface area contributed by atoms with Crippen LogP contribution in [0.15, 0.2) is 0 Å². The Morgan fingerprint density at radius 3 is 2.06 bits per heavy atom. The van der Waals surface area contributed by atoms with Crippen molar-refractivity contribution in [3.05, 3.63) is 0 Å². The third kappa shape index (κ3) is 6.24. The summed E-state index contributed by atoms with van der Waals surface area (Å²) in [5.41, 5.74) is 0. The van der Waals surface area contributed by atoms with E-state index in [0.717, 1.165) is 12.8 Å². The van der Waals surface area contributed by atoms with Gasteiger partial charge in [-0.25, -0.2) is 0 Å². The van der Waals surface area contributed by atoms with E-state index in [1.165, 1.54) is 4.90 Å². The monoisotopic (exact) mass is 255 g/mol. The van der Waals surface area contributed by atoms with Crippen LogP contribution in [-0.4, -0.2) is 49.7 Å². The maximum absolute atomic E-state index is 12.4. The van der Waals surface area contributed by atoms with Gasteiger partial charge in [0.15, 0.2) is 6.29 Å². The zero-order valence-electron chi connectivity index (χ0n) is 10.3. The molecule has 1 aliphatic carbocycles. The van der Waals surface area contributed by atoms with E-state index in [2.05, 4.69) is 0 Å². The molecule has 6 heteroatoms. The molecule has 0 saturated heterocycles. The minimum absolute atomic E-state index is 0.0417. The van der Waals surface area contributed by atoms with Crippen molar-refractivity contribution in [2.24, 2.45) is 0 Å². The second kappa shape index (κ2) is 6.56. The highest BCUT2D eigenvalue weighted by Gasteiger charge is 2.39. The average Bonchev–Trinajstić information content (AvgIpc) is 2.98. The van der Waals surface area contributed by atoms with Crippen LogP contribution < -0.4 is 0 Å². The Labute approximate surface area is 99.9 Å². The molecule has 1 aliphatic rings. The first-order valence-electron chi connectivity index (χ1n) is 6.00. The van der Waals surface area contributed by atoms with E-state index in [0.29, 0.717) is 13.2 Å². The van der Waals surface area contributed by atoms with Gasteiger partial charge in [-0.15, -0.1) is 0 Å². The molecule has 0 aromatic carbocycles. The molecule has 0 heterocycles. The Morgan fingerprint density at radius 2 is 1.71 bits per heavy atom. The van der Waals surface area contributed by atoms with Crippen molar-refractivity contribution in [1.82, 2.24) is 4.90 Å². The molecule has 102 valence electrons. The lowest BCUT2D eigenvalue weighted by Gasteiger charge is -2.27. The fraction of sp³-hybridized carbons (Fsp3) is 1.00. The van der Waals surface area contributed by atoms with Crippen molar-refractivity contribution in [3.63, 3.8) is 0 Å². The van der Waals surface area contributed by atoms with Gasteiger partial charge < -0.3 is 9.47 Å². The molecule has 0 unspecified atom stereocenters. The van der Waals surface area contributed by atoms with Crippen LogP contribution in [0.25, 0.3) is 0 Å². The molecular weight excluding hydrogens is 235 g/mol. The fourth-order valence-corrected chi connectivity index (χ4v) is 1.73. The number of rotatable bonds is 8. The fourth-order valence-electron chi connectivity index (χ4n) is 1.73. The van der Waals surface area contributed by atoms with Gasteiger partial charge in [0.2, 0.25) is 0 Å². The molecule has 0 atom stereocenters. The predicted molar refractivity (Wildman–Crippen MR) is 57.7 cm³/mol. The molecule has 0 aliphatic heterocycles. The number of alkyl halides is 3. The minimum Gasteiger partial charge on any atom is -0.352 e. The molecule has 1 saturated carbocycles. The van der Waals surface area contributed by atoms with Crippen LogP contribution in [0.3, 0.4) is 0 Å². The first-order chi connectivity index (χ1) is 7.96. The maximum Gasteiger partial charge on any atom is 0.401 e. The Bertz CT molecular complexity index is 213. The van der Waals surface area contributed by atoms with Crippen LogP contribution in [0.4, 0.5) is 13.2 Å². The highest BCUT2D eigenvalue weighted by Crippen LogP contribution is 2.30. The van der Waals surface area contributed by atoms with Crippen molar-refractivity contribution in [2.45, 2.75) is 45.2 Å². The van der Waals surface area contributed by atoms with E-state index in [-0.39, 0.29) is 12.6 Å². The Kier molecular flexibility index (Phi) is 5.69. The lowest BCUT2D eigenvalue weighted by atomic mass is 10.4. The molecule has 0 bridgehead atoms. The highest BCUT2D eigenvalue weighted by molar-refractivity contribution is 4.86. The molecular formula is C11H20F3NO2. The molecule has 0 radical (unpaired) electrons. The molecule has 1 fully saturated rings. The summed E-state index contributed by atoms with van der Waals surface area (Å²) >= 11 is 0. The Balaban J connectivity index is 2.45. The van der Waals surface area contributed by atoms with Gasteiger partial charge in [-0.3, -0.25) is 4.90 Å². The van der Waals surface area contributed by atoms with Gasteiger partial charge >= 0.3 is 6.18 Å². The van der Waals surface area contributed by atoms with Gasteiger partial charge in [0.05, 0.1) is 13.1 Å². The van der Waals surface area contributed by atoms with Crippen molar-refractivity contribution >= 4 is 0 Å². The van der Waals surface area contributed by atoms with Crippen LogP contribution in [0.5, 0.6) is 0 Å². The first kappa shape index (κ1) is 14.7. The third-order valence-electron chi connectivity index (χ3n) is 2.53. The second-order valence-corrected chi connectivity index (χ2v) is 4.12. The van der Waals surface area contributed by atoms with E-state index in [4.69, 9.17) is 9.47 Å². The smallest absolute Gasteiger partial charge is 0.352 e. The van der Waals surface area contributed by atoms with Crippen LogP contribution in [0, 0.1) is 0 Å². The number of halogens is 3. The van der Waals surface area contributed by atoms with Crippen LogP contribution >= 0.6 is 0 Å². The number of hydrogen-bond acceptors (Lipinski definition) is 3. The molecule has 3 nitrogen and oxygen atoms in total. The summed E-state index contributed by atoms with van der Waals surface area (Å²) in [6.45, 7) is 3.79. The summed E-state index contributed by atoms with van der Waals surface area (Å²) < 4.78 is 47.7. The summed E-state index contributed by atoms with van der Waals surface area (Å²) in [6.07, 6.45) is -3.05. The molecule has 0 N–H and O–H groups in total. The highest BCUT2D eigenvalue weighted by atomic mass is 19.4. The SMILES string of the molecule is CCOC(CN(CC(F)(F)F)C1CC1)OCC. The summed E-state index contributed by atoms with van der Waals surface area (Å²) in [4.78, 5) is 1.41. The number of hydrogen-bond donors (Lipinski definition) is 0. The van der Waals surface area contributed by atoms with E-state index in [9.17, 15) is 13.2 Å². The minimum atomic E-state index is -4.16. The van der Waals surface area contributed by atoms with Gasteiger partial charge in [-0.05, 0) is 26.7 Å². The quantitative estimate of drug-likeness (QED) is 0.622. The standard InChI is InChI=1S/C11H20F3NO2/c1-3-16-10(17-4-2)7-15(9-5-6-9)8-11(12,13)14/h9-10H,3-8H2,1-2H3. The van der Waals surface area contributed by atoms with Crippen LogP contribution in [0.1, 0.15) is 26.7 Å². The van der Waals surface area contributed by atoms with Gasteiger partial charge in [-0.1, -0.05) is 0 Å². The average molecular weight is 255 g/mol. The lowest BCUT2D eigenvalue weighted by Crippen LogP contribution is -2.42. The lowest BCUT2D eigenvalue weighted by molar-refractivity contribution is -0.177. The van der Waals surface area contributed by atoms with Crippen molar-refractivity contribution in [1.29, 1.82) is 0 Å². The zero-order valence-corrected chi connectivity index (χ0v) is 10.3. The summed E-state index contributed by atoms with van der Waals surface area (Å²) in [7, 11) is 0. The molecule has 1 rings (SSSR count). The topological polar surface area (TPSA) is 21.7 Å². The summed E-state index contributed by atoms with van der Waals surface area (Å²) in [5.74, 6) is 0. The maximum atomic E-state index is 12.4. The molecule has 0 amide bonds. The van der Waals surface area contributed by atoms with Crippen molar-refractivity contribution < 1.29 is 22.6 Å². The largest absolute Gasteiger partial charge is 0.401 e. The molecule has 0 spiro atoms. The van der Waals surface area contributed by atoms with Gasteiger partial charge in [0, 0.05) is 19.3 Å². The third-order valence-corrected chi connectivity index (χ3v) is 2.53. The molecule has 17 heavy (non-hydrogen) atoms. The Morgan fingerprint density at radius 1 is 1.18 bits per heavy atom. The van der Waals surface area contributed by atoms with Gasteiger partial charge in [-0.2, -0.15) is 13.2 Å². The van der Waals surface area contributed by atoms with E-state index in [1.807, 2.05) is 0 Å². The first-order valence-corrected chi connectivity index (χ1v) is 6.00. The predicted octanol–water partition coefficient (Wildman–Crippen LogP) is 2.41. The summed E-state index contributed by atoms with van der Waals surface area (Å²) in [6, 6.07) is 0.0417. The van der Waals surface area contributed by atoms with Crippen molar-refractivity contribution in [2.75, 3.05) is 26.3 Å². The van der Waals surface area contributed by atoms with E-state index in [1.54, 1.807) is 13.8 Å². The number of nitrogens with zero attached hydrogens (tertiary/aromatic N) is 1. The van der Waals surface area contributed by atoms with Crippen LogP contribution in [-0.2, 0) is 9.47 Å². The normalized spacial score (nSPS) is 17.1. The molecule has 0 aromatic heterocycles. The van der Waals surface area contributed by atoms with E-state index >= 15 is 0 Å². The zero-order chi connectivity index (χ0) is 12.9. The van der Waals surface area contributed by atoms with Crippen LogP contribution in [0.2, 0.25) is 0 Å². The molecule has 0 aromatic rings. The van der Waals surface area contributed by atoms with Crippen molar-refractivity contribution in [3.8, 4) is 0 Å². The van der Waals surface area contributed by atoms with Gasteiger partial charge in [0.1, 0.15) is 0 Å². The second-order valence-electron chi connectivity index (χ2n) is 4.12. The van der Waals surface area contributed by atoms with Gasteiger partial charge in [0.25, 0.3) is 0 Å². The summed E-state index contributed by atoms with van der Waals surface area (Å²) in [5, 5.41) is 0.